The molecule has 7 heteroatoms. The van der Waals surface area contributed by atoms with Gasteiger partial charge in [-0.15, -0.1) is 0 Å². The zero-order valence-corrected chi connectivity index (χ0v) is 13.4. The van der Waals surface area contributed by atoms with Gasteiger partial charge in [-0.2, -0.15) is 8.42 Å². The second-order valence-electron chi connectivity index (χ2n) is 3.84. The summed E-state index contributed by atoms with van der Waals surface area (Å²) in [6.07, 6.45) is 0. The van der Waals surface area contributed by atoms with E-state index in [0.717, 1.165) is 0 Å². The van der Waals surface area contributed by atoms with Gasteiger partial charge in [0.2, 0.25) is 5.91 Å². The summed E-state index contributed by atoms with van der Waals surface area (Å²) in [5.41, 5.74) is 0.599. The number of benzene rings is 2. The van der Waals surface area contributed by atoms with Gasteiger partial charge >= 0.3 is 29.6 Å². The first kappa shape index (κ1) is 16.1. The Balaban J connectivity index is 0.00000180. The van der Waals surface area contributed by atoms with E-state index in [9.17, 15) is 13.2 Å². The molecular weight excluding hydrogens is 277 g/mol. The maximum absolute atomic E-state index is 11.0. The molecule has 0 spiro atoms. The van der Waals surface area contributed by atoms with Gasteiger partial charge in [0, 0.05) is 18.0 Å². The van der Waals surface area contributed by atoms with Crippen molar-refractivity contribution in [2.75, 3.05) is 5.32 Å². The molecule has 0 aliphatic rings. The SMILES string of the molecule is CC(=O)Nc1cccc2cc(S(=O)(=O)O)ccc12.[H-].[Na+]. The minimum absolute atomic E-state index is 0. The third-order valence-electron chi connectivity index (χ3n) is 2.46. The Bertz CT molecular complexity index is 733. The number of carbonyl (C=O) groups is 1. The summed E-state index contributed by atoms with van der Waals surface area (Å²) in [7, 11) is -4.22. The van der Waals surface area contributed by atoms with Crippen molar-refractivity contribution in [3.8, 4) is 0 Å². The molecule has 19 heavy (non-hydrogen) atoms. The summed E-state index contributed by atoms with van der Waals surface area (Å²) < 4.78 is 31.0. The van der Waals surface area contributed by atoms with E-state index in [1.165, 1.54) is 19.1 Å². The molecule has 0 aliphatic heterocycles. The molecule has 0 aromatic heterocycles. The number of fused-ring (bicyclic) bond motifs is 1. The van der Waals surface area contributed by atoms with Gasteiger partial charge in [-0.05, 0) is 23.6 Å². The summed E-state index contributed by atoms with van der Waals surface area (Å²) in [4.78, 5) is 10.9. The van der Waals surface area contributed by atoms with E-state index < -0.39 is 10.1 Å². The van der Waals surface area contributed by atoms with Crippen LogP contribution in [0.3, 0.4) is 0 Å². The van der Waals surface area contributed by atoms with Crippen molar-refractivity contribution in [3.05, 3.63) is 36.4 Å². The number of hydrogen-bond donors (Lipinski definition) is 2. The van der Waals surface area contributed by atoms with Gasteiger partial charge in [0.1, 0.15) is 0 Å². The molecule has 2 N–H and O–H groups in total. The molecule has 0 heterocycles. The van der Waals surface area contributed by atoms with E-state index in [1.54, 1.807) is 24.3 Å². The van der Waals surface area contributed by atoms with Crippen LogP contribution in [-0.4, -0.2) is 18.9 Å². The molecule has 0 unspecified atom stereocenters. The number of anilines is 1. The van der Waals surface area contributed by atoms with Crippen molar-refractivity contribution in [2.24, 2.45) is 0 Å². The van der Waals surface area contributed by atoms with E-state index >= 15 is 0 Å². The van der Waals surface area contributed by atoms with Gasteiger partial charge in [0.25, 0.3) is 10.1 Å². The molecular formula is C12H12NNaO4S. The quantitative estimate of drug-likeness (QED) is 0.558. The topological polar surface area (TPSA) is 83.5 Å². The van der Waals surface area contributed by atoms with E-state index in [2.05, 4.69) is 5.32 Å². The summed E-state index contributed by atoms with van der Waals surface area (Å²) in [5.74, 6) is -0.207. The van der Waals surface area contributed by atoms with Crippen LogP contribution in [0.25, 0.3) is 10.8 Å². The van der Waals surface area contributed by atoms with Crippen LogP contribution < -0.4 is 34.9 Å². The Morgan fingerprint density at radius 3 is 2.53 bits per heavy atom. The predicted octanol–water partition coefficient (Wildman–Crippen LogP) is -0.839. The molecule has 0 fully saturated rings. The van der Waals surface area contributed by atoms with Crippen LogP contribution >= 0.6 is 0 Å². The van der Waals surface area contributed by atoms with Crippen molar-refractivity contribution >= 4 is 32.5 Å². The number of hydrogen-bond acceptors (Lipinski definition) is 3. The van der Waals surface area contributed by atoms with Crippen molar-refractivity contribution in [3.63, 3.8) is 0 Å². The summed E-state index contributed by atoms with van der Waals surface area (Å²) in [5, 5.41) is 3.99. The van der Waals surface area contributed by atoms with Crippen LogP contribution in [0, 0.1) is 0 Å². The smallest absolute Gasteiger partial charge is 1.00 e. The Morgan fingerprint density at radius 2 is 1.95 bits per heavy atom. The third-order valence-corrected chi connectivity index (χ3v) is 3.31. The van der Waals surface area contributed by atoms with Crippen molar-refractivity contribution in [2.45, 2.75) is 11.8 Å². The maximum Gasteiger partial charge on any atom is 1.00 e. The number of amides is 1. The van der Waals surface area contributed by atoms with Gasteiger partial charge in [-0.25, -0.2) is 0 Å². The first-order valence-corrected chi connectivity index (χ1v) is 6.60. The Morgan fingerprint density at radius 1 is 1.26 bits per heavy atom. The molecule has 0 atom stereocenters. The van der Waals surface area contributed by atoms with Gasteiger partial charge in [0.05, 0.1) is 4.90 Å². The largest absolute Gasteiger partial charge is 1.00 e. The van der Waals surface area contributed by atoms with Gasteiger partial charge < -0.3 is 6.74 Å². The van der Waals surface area contributed by atoms with Crippen molar-refractivity contribution in [1.29, 1.82) is 0 Å². The summed E-state index contributed by atoms with van der Waals surface area (Å²) in [6, 6.07) is 9.32. The van der Waals surface area contributed by atoms with E-state index in [4.69, 9.17) is 4.55 Å². The van der Waals surface area contributed by atoms with Crippen molar-refractivity contribution in [1.82, 2.24) is 0 Å². The zero-order chi connectivity index (χ0) is 13.3. The average molecular weight is 289 g/mol. The fourth-order valence-electron chi connectivity index (χ4n) is 1.72. The minimum atomic E-state index is -4.22. The number of nitrogens with one attached hydrogen (secondary N) is 1. The van der Waals surface area contributed by atoms with Crippen LogP contribution in [-0.2, 0) is 14.9 Å². The molecule has 1 amide bonds. The molecule has 0 aliphatic carbocycles. The average Bonchev–Trinajstić information content (AvgIpc) is 2.27. The summed E-state index contributed by atoms with van der Waals surface area (Å²) >= 11 is 0. The molecule has 0 bridgehead atoms. The Hall–Kier alpha value is -0.920. The van der Waals surface area contributed by atoms with E-state index in [0.29, 0.717) is 16.5 Å². The molecule has 0 saturated carbocycles. The van der Waals surface area contributed by atoms with Crippen LogP contribution in [0.2, 0.25) is 0 Å². The zero-order valence-electron chi connectivity index (χ0n) is 11.5. The van der Waals surface area contributed by atoms with Crippen LogP contribution in [0.1, 0.15) is 8.35 Å². The summed E-state index contributed by atoms with van der Waals surface area (Å²) in [6.45, 7) is 1.39. The Kier molecular flexibility index (Phi) is 5.11. The second-order valence-corrected chi connectivity index (χ2v) is 5.27. The molecule has 2 aromatic rings. The van der Waals surface area contributed by atoms with Gasteiger partial charge in [0.15, 0.2) is 0 Å². The second kappa shape index (κ2) is 6.02. The predicted molar refractivity (Wildman–Crippen MR) is 69.2 cm³/mol. The van der Waals surface area contributed by atoms with Crippen LogP contribution in [0.5, 0.6) is 0 Å². The fourth-order valence-corrected chi connectivity index (χ4v) is 2.24. The molecule has 96 valence electrons. The van der Waals surface area contributed by atoms with E-state index in [-0.39, 0.29) is 41.8 Å². The van der Waals surface area contributed by atoms with Gasteiger partial charge in [-0.3, -0.25) is 9.35 Å². The number of carbonyl (C=O) groups excluding carboxylic acids is 1. The normalized spacial score (nSPS) is 10.8. The first-order valence-electron chi connectivity index (χ1n) is 5.16. The van der Waals surface area contributed by atoms with E-state index in [1.807, 2.05) is 0 Å². The van der Waals surface area contributed by atoms with Crippen LogP contribution in [0.4, 0.5) is 5.69 Å². The molecule has 2 aromatic carbocycles. The third kappa shape index (κ3) is 3.77. The van der Waals surface area contributed by atoms with Crippen LogP contribution in [0.15, 0.2) is 41.3 Å². The molecule has 5 nitrogen and oxygen atoms in total. The molecule has 0 radical (unpaired) electrons. The monoisotopic (exact) mass is 289 g/mol. The minimum Gasteiger partial charge on any atom is -1.00 e. The molecule has 0 saturated heterocycles. The maximum atomic E-state index is 11.0. The van der Waals surface area contributed by atoms with Crippen molar-refractivity contribution < 1.29 is 48.7 Å². The standard InChI is InChI=1S/C12H11NO4S.Na.H/c1-8(14)13-12-4-2-3-9-7-10(18(15,16)17)5-6-11(9)12;;/h2-7H,1H3,(H,13,14)(H,15,16,17);;/q;+1;-1. The Labute approximate surface area is 134 Å². The number of rotatable bonds is 2. The molecule has 2 rings (SSSR count). The fraction of sp³-hybridized carbons (Fsp3) is 0.0833. The van der Waals surface area contributed by atoms with Gasteiger partial charge in [-0.1, -0.05) is 18.2 Å². The first-order chi connectivity index (χ1) is 8.38.